The topological polar surface area (TPSA) is 33.6 Å². The fourth-order valence-electron chi connectivity index (χ4n) is 1.63. The standard InChI is InChI=1S/C11H12BrN3S/c1-3-15-10(13-14-11(15)16)8-6-7(2)4-5-9(8)12/h4-6H,3H2,1-2H3,(H,14,16). The maximum atomic E-state index is 5.18. The van der Waals surface area contributed by atoms with Crippen LogP contribution in [0.4, 0.5) is 0 Å². The number of halogens is 1. The molecule has 0 fully saturated rings. The Morgan fingerprint density at radius 2 is 2.25 bits per heavy atom. The van der Waals surface area contributed by atoms with Gasteiger partial charge in [0.2, 0.25) is 0 Å². The van der Waals surface area contributed by atoms with Gasteiger partial charge in [0.1, 0.15) is 0 Å². The van der Waals surface area contributed by atoms with Gasteiger partial charge in [0.25, 0.3) is 0 Å². The van der Waals surface area contributed by atoms with Gasteiger partial charge in [-0.1, -0.05) is 27.6 Å². The van der Waals surface area contributed by atoms with E-state index in [4.69, 9.17) is 12.2 Å². The van der Waals surface area contributed by atoms with Crippen LogP contribution in [0, 0.1) is 11.7 Å². The van der Waals surface area contributed by atoms with Crippen LogP contribution in [0.3, 0.4) is 0 Å². The Labute approximate surface area is 108 Å². The fraction of sp³-hybridized carbons (Fsp3) is 0.273. The van der Waals surface area contributed by atoms with Crippen LogP contribution >= 0.6 is 28.1 Å². The van der Waals surface area contributed by atoms with E-state index in [1.807, 2.05) is 10.6 Å². The third-order valence-electron chi connectivity index (χ3n) is 2.44. The van der Waals surface area contributed by atoms with Crippen LogP contribution in [0.1, 0.15) is 12.5 Å². The number of aromatic amines is 1. The first-order valence-corrected chi connectivity index (χ1v) is 6.25. The van der Waals surface area contributed by atoms with E-state index in [-0.39, 0.29) is 0 Å². The molecule has 1 heterocycles. The highest BCUT2D eigenvalue weighted by atomic mass is 79.9. The summed E-state index contributed by atoms with van der Waals surface area (Å²) in [5.41, 5.74) is 2.27. The molecule has 0 aliphatic carbocycles. The molecule has 0 atom stereocenters. The van der Waals surface area contributed by atoms with Gasteiger partial charge < -0.3 is 4.57 Å². The predicted molar refractivity (Wildman–Crippen MR) is 71.0 cm³/mol. The second-order valence-electron chi connectivity index (χ2n) is 3.58. The van der Waals surface area contributed by atoms with Gasteiger partial charge in [0.05, 0.1) is 0 Å². The molecule has 1 aromatic heterocycles. The Morgan fingerprint density at radius 1 is 1.50 bits per heavy atom. The van der Waals surface area contributed by atoms with E-state index < -0.39 is 0 Å². The minimum atomic E-state index is 0.658. The van der Waals surface area contributed by atoms with Crippen molar-refractivity contribution in [1.29, 1.82) is 0 Å². The normalized spacial score (nSPS) is 10.7. The minimum absolute atomic E-state index is 0.658. The molecule has 0 aliphatic rings. The van der Waals surface area contributed by atoms with E-state index in [0.29, 0.717) is 4.77 Å². The van der Waals surface area contributed by atoms with Gasteiger partial charge in [0, 0.05) is 16.6 Å². The molecule has 84 valence electrons. The minimum Gasteiger partial charge on any atom is -0.300 e. The van der Waals surface area contributed by atoms with Gasteiger partial charge >= 0.3 is 0 Å². The van der Waals surface area contributed by atoms with Crippen molar-refractivity contribution >= 4 is 28.1 Å². The quantitative estimate of drug-likeness (QED) is 0.858. The van der Waals surface area contributed by atoms with Gasteiger partial charge in [-0.2, -0.15) is 5.10 Å². The summed E-state index contributed by atoms with van der Waals surface area (Å²) in [7, 11) is 0. The van der Waals surface area contributed by atoms with E-state index >= 15 is 0 Å². The Kier molecular flexibility index (Phi) is 3.25. The van der Waals surface area contributed by atoms with Crippen molar-refractivity contribution in [1.82, 2.24) is 14.8 Å². The summed E-state index contributed by atoms with van der Waals surface area (Å²) >= 11 is 8.72. The summed E-state index contributed by atoms with van der Waals surface area (Å²) in [6, 6.07) is 6.19. The number of hydrogen-bond acceptors (Lipinski definition) is 2. The summed E-state index contributed by atoms with van der Waals surface area (Å²) in [6.45, 7) is 4.93. The molecule has 1 N–H and O–H groups in total. The van der Waals surface area contributed by atoms with E-state index in [1.165, 1.54) is 5.56 Å². The van der Waals surface area contributed by atoms with Crippen molar-refractivity contribution in [2.24, 2.45) is 0 Å². The highest BCUT2D eigenvalue weighted by Crippen LogP contribution is 2.27. The number of benzene rings is 1. The van der Waals surface area contributed by atoms with E-state index in [0.717, 1.165) is 22.4 Å². The van der Waals surface area contributed by atoms with Gasteiger partial charge in [-0.15, -0.1) is 0 Å². The van der Waals surface area contributed by atoms with Crippen LogP contribution < -0.4 is 0 Å². The average Bonchev–Trinajstić information content (AvgIpc) is 2.63. The number of hydrogen-bond donors (Lipinski definition) is 1. The van der Waals surface area contributed by atoms with Crippen molar-refractivity contribution in [3.63, 3.8) is 0 Å². The van der Waals surface area contributed by atoms with E-state index in [2.05, 4.69) is 52.1 Å². The lowest BCUT2D eigenvalue weighted by molar-refractivity contribution is 0.755. The number of nitrogens with zero attached hydrogens (tertiary/aromatic N) is 2. The largest absolute Gasteiger partial charge is 0.300 e. The summed E-state index contributed by atoms with van der Waals surface area (Å²) in [5.74, 6) is 0.878. The van der Waals surface area contributed by atoms with Gasteiger partial charge in [-0.3, -0.25) is 5.10 Å². The molecule has 5 heteroatoms. The highest BCUT2D eigenvalue weighted by molar-refractivity contribution is 9.10. The van der Waals surface area contributed by atoms with Crippen molar-refractivity contribution in [2.45, 2.75) is 20.4 Å². The number of aromatic nitrogens is 3. The Bertz CT molecular complexity index is 571. The molecule has 0 radical (unpaired) electrons. The Morgan fingerprint density at radius 3 is 2.94 bits per heavy atom. The molecule has 3 nitrogen and oxygen atoms in total. The molecule has 2 aromatic rings. The summed E-state index contributed by atoms with van der Waals surface area (Å²) in [4.78, 5) is 0. The first kappa shape index (κ1) is 11.5. The molecule has 0 amide bonds. The van der Waals surface area contributed by atoms with Crippen molar-refractivity contribution in [3.8, 4) is 11.4 Å². The predicted octanol–water partition coefficient (Wildman–Crippen LogP) is 3.70. The van der Waals surface area contributed by atoms with Crippen LogP contribution in [0.15, 0.2) is 22.7 Å². The molecule has 0 saturated carbocycles. The lowest BCUT2D eigenvalue weighted by atomic mass is 10.1. The third-order valence-corrected chi connectivity index (χ3v) is 3.44. The smallest absolute Gasteiger partial charge is 0.195 e. The van der Waals surface area contributed by atoms with Crippen molar-refractivity contribution in [3.05, 3.63) is 33.0 Å². The number of rotatable bonds is 2. The van der Waals surface area contributed by atoms with Crippen LogP contribution in [0.2, 0.25) is 0 Å². The maximum absolute atomic E-state index is 5.18. The zero-order valence-electron chi connectivity index (χ0n) is 9.12. The number of aryl methyl sites for hydroxylation is 1. The molecule has 1 aromatic carbocycles. The highest BCUT2D eigenvalue weighted by Gasteiger charge is 2.10. The van der Waals surface area contributed by atoms with Crippen molar-refractivity contribution in [2.75, 3.05) is 0 Å². The van der Waals surface area contributed by atoms with Gasteiger partial charge in [-0.05, 0) is 38.2 Å². The molecule has 0 spiro atoms. The molecule has 0 saturated heterocycles. The Balaban J connectivity index is 2.67. The lowest BCUT2D eigenvalue weighted by Gasteiger charge is -2.06. The van der Waals surface area contributed by atoms with Crippen LogP contribution in [-0.4, -0.2) is 14.8 Å². The van der Waals surface area contributed by atoms with E-state index in [1.54, 1.807) is 0 Å². The molecular weight excluding hydrogens is 286 g/mol. The SMILES string of the molecule is CCn1c(-c2cc(C)ccc2Br)n[nH]c1=S. The Hall–Kier alpha value is -0.940. The number of nitrogens with one attached hydrogen (secondary N) is 1. The molecule has 0 bridgehead atoms. The molecule has 16 heavy (non-hydrogen) atoms. The monoisotopic (exact) mass is 297 g/mol. The summed E-state index contributed by atoms with van der Waals surface area (Å²) < 4.78 is 3.67. The second kappa shape index (κ2) is 4.51. The second-order valence-corrected chi connectivity index (χ2v) is 4.82. The van der Waals surface area contributed by atoms with Crippen LogP contribution in [0.5, 0.6) is 0 Å². The zero-order chi connectivity index (χ0) is 11.7. The number of H-pyrrole nitrogens is 1. The maximum Gasteiger partial charge on any atom is 0.195 e. The molecular formula is C11H12BrN3S. The van der Waals surface area contributed by atoms with Crippen molar-refractivity contribution < 1.29 is 0 Å². The average molecular weight is 298 g/mol. The fourth-order valence-corrected chi connectivity index (χ4v) is 2.31. The van der Waals surface area contributed by atoms with Crippen LogP contribution in [-0.2, 0) is 6.54 Å². The molecule has 2 rings (SSSR count). The zero-order valence-corrected chi connectivity index (χ0v) is 11.5. The van der Waals surface area contributed by atoms with E-state index in [9.17, 15) is 0 Å². The van der Waals surface area contributed by atoms with Gasteiger partial charge in [0.15, 0.2) is 10.6 Å². The van der Waals surface area contributed by atoms with Gasteiger partial charge in [-0.25, -0.2) is 0 Å². The molecule has 0 unspecified atom stereocenters. The molecule has 0 aliphatic heterocycles. The summed E-state index contributed by atoms with van der Waals surface area (Å²) in [5, 5.41) is 7.10. The first-order valence-electron chi connectivity index (χ1n) is 5.05. The first-order chi connectivity index (χ1) is 7.63. The van der Waals surface area contributed by atoms with Crippen LogP contribution in [0.25, 0.3) is 11.4 Å². The summed E-state index contributed by atoms with van der Waals surface area (Å²) in [6.07, 6.45) is 0. The lowest BCUT2D eigenvalue weighted by Crippen LogP contribution is -1.98. The third kappa shape index (κ3) is 1.97.